The molecule has 0 unspecified atom stereocenters. The van der Waals surface area contributed by atoms with Gasteiger partial charge in [0.15, 0.2) is 0 Å². The highest BCUT2D eigenvalue weighted by molar-refractivity contribution is 5.66. The SMILES string of the molecule is O=c1[nH][nH]c(C2=CCN=N2)c1O. The molecule has 0 radical (unpaired) electrons. The van der Waals surface area contributed by atoms with Crippen LogP contribution in [0.1, 0.15) is 5.69 Å². The van der Waals surface area contributed by atoms with Gasteiger partial charge in [-0.25, -0.2) is 0 Å². The van der Waals surface area contributed by atoms with E-state index in [2.05, 4.69) is 20.4 Å². The van der Waals surface area contributed by atoms with E-state index < -0.39 is 5.56 Å². The van der Waals surface area contributed by atoms with Crippen LogP contribution in [0.15, 0.2) is 21.1 Å². The third-order valence-corrected chi connectivity index (χ3v) is 1.55. The van der Waals surface area contributed by atoms with Crippen LogP contribution in [0.5, 0.6) is 5.75 Å². The van der Waals surface area contributed by atoms with E-state index in [9.17, 15) is 9.90 Å². The number of aromatic hydroxyl groups is 1. The summed E-state index contributed by atoms with van der Waals surface area (Å²) in [6.45, 7) is 0.488. The lowest BCUT2D eigenvalue weighted by molar-refractivity contribution is 0.469. The van der Waals surface area contributed by atoms with Gasteiger partial charge in [0.1, 0.15) is 11.4 Å². The summed E-state index contributed by atoms with van der Waals surface area (Å²) in [5.74, 6) is -0.345. The molecule has 0 aromatic carbocycles. The fraction of sp³-hybridized carbons (Fsp3) is 0.167. The van der Waals surface area contributed by atoms with Gasteiger partial charge in [0.25, 0.3) is 0 Å². The van der Waals surface area contributed by atoms with Crippen LogP contribution in [0.3, 0.4) is 0 Å². The number of aromatic nitrogens is 2. The molecule has 0 spiro atoms. The molecular formula is C6H6N4O2. The summed E-state index contributed by atoms with van der Waals surface area (Å²) in [5.41, 5.74) is 0.236. The highest BCUT2D eigenvalue weighted by atomic mass is 16.3. The number of hydrogen-bond acceptors (Lipinski definition) is 4. The first kappa shape index (κ1) is 6.84. The van der Waals surface area contributed by atoms with E-state index in [0.717, 1.165) is 0 Å². The van der Waals surface area contributed by atoms with E-state index in [4.69, 9.17) is 0 Å². The minimum atomic E-state index is -0.548. The minimum Gasteiger partial charge on any atom is -0.501 e. The van der Waals surface area contributed by atoms with Crippen molar-refractivity contribution in [1.82, 2.24) is 10.2 Å². The molecule has 1 aromatic rings. The van der Waals surface area contributed by atoms with Crippen molar-refractivity contribution in [2.45, 2.75) is 0 Å². The van der Waals surface area contributed by atoms with Crippen LogP contribution in [0.25, 0.3) is 5.70 Å². The molecule has 6 nitrogen and oxygen atoms in total. The maximum absolute atomic E-state index is 10.8. The molecule has 2 heterocycles. The van der Waals surface area contributed by atoms with Crippen LogP contribution in [0, 0.1) is 0 Å². The molecule has 62 valence electrons. The van der Waals surface area contributed by atoms with Gasteiger partial charge in [0.05, 0.1) is 6.54 Å². The molecular weight excluding hydrogens is 160 g/mol. The second-order valence-corrected chi connectivity index (χ2v) is 2.32. The van der Waals surface area contributed by atoms with Crippen LogP contribution >= 0.6 is 0 Å². The van der Waals surface area contributed by atoms with Crippen molar-refractivity contribution >= 4 is 5.70 Å². The lowest BCUT2D eigenvalue weighted by atomic mass is 10.3. The van der Waals surface area contributed by atoms with Crippen molar-refractivity contribution in [3.63, 3.8) is 0 Å². The molecule has 1 aromatic heterocycles. The van der Waals surface area contributed by atoms with Gasteiger partial charge < -0.3 is 5.11 Å². The average Bonchev–Trinajstić information content (AvgIpc) is 2.64. The smallest absolute Gasteiger partial charge is 0.306 e. The predicted octanol–water partition coefficient (Wildman–Crippen LogP) is 0.215. The van der Waals surface area contributed by atoms with E-state index in [1.165, 1.54) is 0 Å². The van der Waals surface area contributed by atoms with Crippen LogP contribution in [-0.2, 0) is 0 Å². The Hall–Kier alpha value is -1.85. The number of rotatable bonds is 1. The van der Waals surface area contributed by atoms with Crippen LogP contribution < -0.4 is 5.56 Å². The Balaban J connectivity index is 2.53. The van der Waals surface area contributed by atoms with Crippen molar-refractivity contribution in [1.29, 1.82) is 0 Å². The molecule has 1 aliphatic rings. The Morgan fingerprint density at radius 1 is 1.50 bits per heavy atom. The second kappa shape index (κ2) is 2.33. The maximum Gasteiger partial charge on any atom is 0.306 e. The molecule has 6 heteroatoms. The van der Waals surface area contributed by atoms with Crippen molar-refractivity contribution in [3.8, 4) is 5.75 Å². The van der Waals surface area contributed by atoms with Gasteiger partial charge in [-0.1, -0.05) is 0 Å². The third-order valence-electron chi connectivity index (χ3n) is 1.55. The second-order valence-electron chi connectivity index (χ2n) is 2.32. The highest BCUT2D eigenvalue weighted by Gasteiger charge is 2.13. The lowest BCUT2D eigenvalue weighted by Crippen LogP contribution is -1.96. The van der Waals surface area contributed by atoms with Crippen molar-refractivity contribution in [2.75, 3.05) is 6.54 Å². The number of azo groups is 1. The zero-order valence-corrected chi connectivity index (χ0v) is 6.03. The van der Waals surface area contributed by atoms with Gasteiger partial charge in [-0.15, -0.1) is 0 Å². The van der Waals surface area contributed by atoms with Gasteiger partial charge in [0.2, 0.25) is 5.75 Å². The molecule has 12 heavy (non-hydrogen) atoms. The zero-order chi connectivity index (χ0) is 8.55. The van der Waals surface area contributed by atoms with Crippen molar-refractivity contribution in [2.24, 2.45) is 10.2 Å². The van der Waals surface area contributed by atoms with Gasteiger partial charge in [-0.3, -0.25) is 15.0 Å². The summed E-state index contributed by atoms with van der Waals surface area (Å²) < 4.78 is 0. The van der Waals surface area contributed by atoms with Gasteiger partial charge in [-0.05, 0) is 6.08 Å². The monoisotopic (exact) mass is 166 g/mol. The van der Waals surface area contributed by atoms with Crippen LogP contribution in [-0.4, -0.2) is 21.8 Å². The van der Waals surface area contributed by atoms with Crippen LogP contribution in [0.4, 0.5) is 0 Å². The Morgan fingerprint density at radius 3 is 2.83 bits per heavy atom. The lowest BCUT2D eigenvalue weighted by Gasteiger charge is -1.90. The average molecular weight is 166 g/mol. The standard InChI is InChI=1S/C6H6N4O2/c11-5-4(9-10-6(5)12)3-1-2-7-8-3/h1,11H,2H2,(H2,9,10,12). The van der Waals surface area contributed by atoms with E-state index in [-0.39, 0.29) is 5.75 Å². The Bertz CT molecular complexity index is 411. The largest absolute Gasteiger partial charge is 0.501 e. The van der Waals surface area contributed by atoms with Gasteiger partial charge >= 0.3 is 5.56 Å². The first-order chi connectivity index (χ1) is 5.79. The number of nitrogens with zero attached hydrogens (tertiary/aromatic N) is 2. The molecule has 0 amide bonds. The quantitative estimate of drug-likeness (QED) is 0.556. The number of H-pyrrole nitrogens is 2. The summed E-state index contributed by atoms with van der Waals surface area (Å²) in [4.78, 5) is 10.8. The fourth-order valence-electron chi connectivity index (χ4n) is 0.974. The van der Waals surface area contributed by atoms with Crippen molar-refractivity contribution < 1.29 is 5.11 Å². The highest BCUT2D eigenvalue weighted by Crippen LogP contribution is 2.22. The molecule has 0 fully saturated rings. The Kier molecular flexibility index (Phi) is 1.33. The summed E-state index contributed by atoms with van der Waals surface area (Å²) in [5, 5.41) is 21.3. The van der Waals surface area contributed by atoms with E-state index in [1.807, 2.05) is 0 Å². The summed E-state index contributed by atoms with van der Waals surface area (Å²) >= 11 is 0. The van der Waals surface area contributed by atoms with Crippen LogP contribution in [0.2, 0.25) is 0 Å². The third kappa shape index (κ3) is 0.849. The Morgan fingerprint density at radius 2 is 2.33 bits per heavy atom. The summed E-state index contributed by atoms with van der Waals surface area (Å²) in [6.07, 6.45) is 1.71. The maximum atomic E-state index is 10.8. The predicted molar refractivity (Wildman–Crippen MR) is 40.8 cm³/mol. The number of nitrogens with one attached hydrogen (secondary N) is 2. The van der Waals surface area contributed by atoms with E-state index >= 15 is 0 Å². The molecule has 0 aliphatic carbocycles. The molecule has 0 saturated heterocycles. The summed E-state index contributed by atoms with van der Waals surface area (Å²) in [6, 6.07) is 0. The zero-order valence-electron chi connectivity index (χ0n) is 6.03. The first-order valence-electron chi connectivity index (χ1n) is 3.36. The van der Waals surface area contributed by atoms with Crippen molar-refractivity contribution in [3.05, 3.63) is 22.1 Å². The molecule has 0 atom stereocenters. The number of aromatic amines is 2. The van der Waals surface area contributed by atoms with Gasteiger partial charge in [-0.2, -0.15) is 10.2 Å². The summed E-state index contributed by atoms with van der Waals surface area (Å²) in [7, 11) is 0. The minimum absolute atomic E-state index is 0.293. The topological polar surface area (TPSA) is 93.6 Å². The molecule has 0 bridgehead atoms. The van der Waals surface area contributed by atoms with E-state index in [1.54, 1.807) is 6.08 Å². The normalized spacial score (nSPS) is 15.2. The molecule has 2 rings (SSSR count). The Labute approximate surface area is 66.6 Å². The fourth-order valence-corrected chi connectivity index (χ4v) is 0.974. The molecule has 3 N–H and O–H groups in total. The first-order valence-corrected chi connectivity index (χ1v) is 3.36. The molecule has 1 aliphatic heterocycles. The molecule has 0 saturated carbocycles. The van der Waals surface area contributed by atoms with E-state index in [0.29, 0.717) is 17.9 Å². The number of hydrogen-bond donors (Lipinski definition) is 3. The van der Waals surface area contributed by atoms with Gasteiger partial charge in [0, 0.05) is 0 Å².